The molecular formula is C14H19N3. The highest BCUT2D eigenvalue weighted by molar-refractivity contribution is 5.70. The van der Waals surface area contributed by atoms with Crippen LogP contribution in [0.3, 0.4) is 0 Å². The van der Waals surface area contributed by atoms with Crippen molar-refractivity contribution in [1.82, 2.24) is 15.5 Å². The second kappa shape index (κ2) is 4.72. The maximum absolute atomic E-state index is 4.15. The number of aromatic amines is 1. The van der Waals surface area contributed by atoms with Gasteiger partial charge < -0.3 is 5.32 Å². The molecule has 0 radical (unpaired) electrons. The predicted octanol–water partition coefficient (Wildman–Crippen LogP) is 2.72. The Labute approximate surface area is 102 Å². The minimum atomic E-state index is 0.807. The average Bonchev–Trinajstić information content (AvgIpc) is 2.75. The van der Waals surface area contributed by atoms with Crippen LogP contribution in [0.1, 0.15) is 22.4 Å². The lowest BCUT2D eigenvalue weighted by Gasteiger charge is -2.11. The molecule has 2 aromatic rings. The molecule has 0 amide bonds. The van der Waals surface area contributed by atoms with Crippen LogP contribution in [0.2, 0.25) is 0 Å². The lowest BCUT2D eigenvalue weighted by molar-refractivity contribution is 0.785. The molecule has 3 nitrogen and oxygen atoms in total. The number of benzene rings is 1. The largest absolute Gasteiger partial charge is 0.314 e. The maximum Gasteiger partial charge on any atom is 0.0569 e. The normalized spacial score (nSPS) is 10.8. The topological polar surface area (TPSA) is 40.7 Å². The first kappa shape index (κ1) is 11.9. The molecule has 0 spiro atoms. The van der Waals surface area contributed by atoms with Crippen molar-refractivity contribution in [3.05, 3.63) is 40.7 Å². The maximum atomic E-state index is 4.15. The third-order valence-electron chi connectivity index (χ3n) is 3.42. The van der Waals surface area contributed by atoms with Crippen LogP contribution in [0, 0.1) is 20.8 Å². The Morgan fingerprint density at radius 2 is 1.88 bits per heavy atom. The number of hydrogen-bond donors (Lipinski definition) is 2. The van der Waals surface area contributed by atoms with Crippen molar-refractivity contribution >= 4 is 0 Å². The first-order chi connectivity index (χ1) is 8.15. The Morgan fingerprint density at radius 3 is 2.59 bits per heavy atom. The van der Waals surface area contributed by atoms with Crippen molar-refractivity contribution in [2.45, 2.75) is 27.3 Å². The van der Waals surface area contributed by atoms with E-state index in [9.17, 15) is 0 Å². The number of H-pyrrole nitrogens is 1. The van der Waals surface area contributed by atoms with Crippen LogP contribution in [0.4, 0.5) is 0 Å². The van der Waals surface area contributed by atoms with E-state index >= 15 is 0 Å². The fourth-order valence-corrected chi connectivity index (χ4v) is 2.10. The fraction of sp³-hybridized carbons (Fsp3) is 0.357. The summed E-state index contributed by atoms with van der Waals surface area (Å²) in [6.45, 7) is 7.30. The van der Waals surface area contributed by atoms with Gasteiger partial charge in [0.1, 0.15) is 0 Å². The molecule has 17 heavy (non-hydrogen) atoms. The second-order valence-electron chi connectivity index (χ2n) is 4.47. The smallest absolute Gasteiger partial charge is 0.0569 e. The zero-order valence-corrected chi connectivity index (χ0v) is 10.9. The van der Waals surface area contributed by atoms with Crippen LogP contribution in [-0.4, -0.2) is 17.2 Å². The van der Waals surface area contributed by atoms with E-state index in [4.69, 9.17) is 0 Å². The molecule has 2 rings (SSSR count). The molecule has 0 aliphatic carbocycles. The highest BCUT2D eigenvalue weighted by Gasteiger charge is 2.11. The van der Waals surface area contributed by atoms with E-state index in [1.807, 2.05) is 13.2 Å². The van der Waals surface area contributed by atoms with Crippen LogP contribution in [0.15, 0.2) is 18.3 Å². The Morgan fingerprint density at radius 1 is 1.12 bits per heavy atom. The van der Waals surface area contributed by atoms with Crippen LogP contribution in [-0.2, 0) is 6.54 Å². The van der Waals surface area contributed by atoms with Crippen LogP contribution in [0.5, 0.6) is 0 Å². The highest BCUT2D eigenvalue weighted by atomic mass is 15.1. The third kappa shape index (κ3) is 2.11. The van der Waals surface area contributed by atoms with E-state index in [0.717, 1.165) is 12.2 Å². The quantitative estimate of drug-likeness (QED) is 0.849. The number of aryl methyl sites for hydroxylation is 1. The van der Waals surface area contributed by atoms with Crippen molar-refractivity contribution in [3.8, 4) is 11.1 Å². The first-order valence-electron chi connectivity index (χ1n) is 5.89. The van der Waals surface area contributed by atoms with E-state index in [0.29, 0.717) is 0 Å². The summed E-state index contributed by atoms with van der Waals surface area (Å²) in [5, 5.41) is 10.4. The Hall–Kier alpha value is -1.61. The van der Waals surface area contributed by atoms with Gasteiger partial charge in [-0.25, -0.2) is 0 Å². The van der Waals surface area contributed by atoms with Crippen LogP contribution < -0.4 is 5.32 Å². The van der Waals surface area contributed by atoms with E-state index in [-0.39, 0.29) is 0 Å². The Kier molecular flexibility index (Phi) is 3.29. The van der Waals surface area contributed by atoms with E-state index in [1.54, 1.807) is 0 Å². The predicted molar refractivity (Wildman–Crippen MR) is 71.0 cm³/mol. The van der Waals surface area contributed by atoms with Gasteiger partial charge in [0.05, 0.1) is 11.9 Å². The van der Waals surface area contributed by atoms with E-state index in [1.165, 1.54) is 27.8 Å². The molecule has 0 atom stereocenters. The first-order valence-corrected chi connectivity index (χ1v) is 5.89. The molecule has 0 aliphatic heterocycles. The summed E-state index contributed by atoms with van der Waals surface area (Å²) in [5.41, 5.74) is 7.64. The van der Waals surface area contributed by atoms with Gasteiger partial charge in [0.15, 0.2) is 0 Å². The summed E-state index contributed by atoms with van der Waals surface area (Å²) in [5.74, 6) is 0. The number of aromatic nitrogens is 2. The molecule has 1 aromatic heterocycles. The molecule has 0 saturated carbocycles. The van der Waals surface area contributed by atoms with Crippen LogP contribution in [0.25, 0.3) is 11.1 Å². The van der Waals surface area contributed by atoms with Crippen molar-refractivity contribution in [2.75, 3.05) is 7.05 Å². The van der Waals surface area contributed by atoms with Crippen molar-refractivity contribution in [1.29, 1.82) is 0 Å². The van der Waals surface area contributed by atoms with E-state index < -0.39 is 0 Å². The monoisotopic (exact) mass is 229 g/mol. The van der Waals surface area contributed by atoms with Gasteiger partial charge in [-0.15, -0.1) is 0 Å². The van der Waals surface area contributed by atoms with Gasteiger partial charge in [-0.3, -0.25) is 5.10 Å². The van der Waals surface area contributed by atoms with Gasteiger partial charge in [-0.1, -0.05) is 12.1 Å². The fourth-order valence-electron chi connectivity index (χ4n) is 2.10. The lowest BCUT2D eigenvalue weighted by atomic mass is 9.94. The zero-order chi connectivity index (χ0) is 12.4. The number of rotatable bonds is 3. The summed E-state index contributed by atoms with van der Waals surface area (Å²) in [6, 6.07) is 4.36. The van der Waals surface area contributed by atoms with E-state index in [2.05, 4.69) is 48.4 Å². The van der Waals surface area contributed by atoms with Crippen molar-refractivity contribution in [2.24, 2.45) is 0 Å². The highest BCUT2D eigenvalue weighted by Crippen LogP contribution is 2.28. The van der Waals surface area contributed by atoms with Gasteiger partial charge in [0.25, 0.3) is 0 Å². The van der Waals surface area contributed by atoms with Crippen molar-refractivity contribution < 1.29 is 0 Å². The van der Waals surface area contributed by atoms with Crippen LogP contribution >= 0.6 is 0 Å². The molecule has 2 N–H and O–H groups in total. The minimum absolute atomic E-state index is 0.807. The lowest BCUT2D eigenvalue weighted by Crippen LogP contribution is -2.06. The third-order valence-corrected chi connectivity index (χ3v) is 3.42. The summed E-state index contributed by atoms with van der Waals surface area (Å²) in [7, 11) is 1.94. The molecule has 0 aliphatic rings. The average molecular weight is 229 g/mol. The molecule has 0 fully saturated rings. The summed E-state index contributed by atoms with van der Waals surface area (Å²) < 4.78 is 0. The second-order valence-corrected chi connectivity index (χ2v) is 4.47. The van der Waals surface area contributed by atoms with Gasteiger partial charge in [0.2, 0.25) is 0 Å². The molecule has 0 bridgehead atoms. The number of nitrogens with zero attached hydrogens (tertiary/aromatic N) is 1. The molecule has 0 saturated heterocycles. The SMILES string of the molecule is CNCc1[nH]ncc1-c1ccc(C)c(C)c1C. The standard InChI is InChI=1S/C14H19N3/c1-9-5-6-12(11(3)10(9)2)13-7-16-17-14(13)8-15-4/h5-7,15H,8H2,1-4H3,(H,16,17). The summed E-state index contributed by atoms with van der Waals surface area (Å²) in [6.07, 6.45) is 1.91. The molecule has 1 heterocycles. The molecule has 90 valence electrons. The molecule has 1 aromatic carbocycles. The Bertz CT molecular complexity index is 526. The molecule has 3 heteroatoms. The van der Waals surface area contributed by atoms with Gasteiger partial charge >= 0.3 is 0 Å². The number of hydrogen-bond acceptors (Lipinski definition) is 2. The Balaban J connectivity index is 2.53. The summed E-state index contributed by atoms with van der Waals surface area (Å²) >= 11 is 0. The molecule has 0 unspecified atom stereocenters. The zero-order valence-electron chi connectivity index (χ0n) is 10.9. The number of nitrogens with one attached hydrogen (secondary N) is 2. The van der Waals surface area contributed by atoms with Gasteiger partial charge in [-0.2, -0.15) is 5.10 Å². The van der Waals surface area contributed by atoms with Gasteiger partial charge in [0, 0.05) is 12.1 Å². The van der Waals surface area contributed by atoms with Gasteiger partial charge in [-0.05, 0) is 50.1 Å². The molecular weight excluding hydrogens is 210 g/mol. The van der Waals surface area contributed by atoms with Crippen molar-refractivity contribution in [3.63, 3.8) is 0 Å². The summed E-state index contributed by atoms with van der Waals surface area (Å²) in [4.78, 5) is 0. The minimum Gasteiger partial charge on any atom is -0.314 e.